The Balaban J connectivity index is 2.10. The molecule has 0 saturated heterocycles. The standard InChI is InChI=1S/C17H29NO/c1-4-11-18-12-6-5-7-13-19-17-10-8-9-16(14-17)15(2)3/h8-10,14-15,18H,4-7,11-13H2,1-3H3. The van der Waals surface area contributed by atoms with Crippen LogP contribution in [0.3, 0.4) is 0 Å². The Bertz CT molecular complexity index is 336. The predicted octanol–water partition coefficient (Wildman–Crippen LogP) is 4.36. The summed E-state index contributed by atoms with van der Waals surface area (Å²) in [6.07, 6.45) is 4.84. The molecule has 0 aliphatic heterocycles. The summed E-state index contributed by atoms with van der Waals surface area (Å²) in [5.41, 5.74) is 1.35. The average Bonchev–Trinajstić information content (AvgIpc) is 2.42. The van der Waals surface area contributed by atoms with Crippen molar-refractivity contribution in [2.24, 2.45) is 0 Å². The zero-order chi connectivity index (χ0) is 13.9. The molecule has 0 aliphatic rings. The van der Waals surface area contributed by atoms with E-state index in [-0.39, 0.29) is 0 Å². The lowest BCUT2D eigenvalue weighted by Gasteiger charge is -2.10. The van der Waals surface area contributed by atoms with Gasteiger partial charge in [0.2, 0.25) is 0 Å². The molecular formula is C17H29NO. The number of ether oxygens (including phenoxy) is 1. The van der Waals surface area contributed by atoms with E-state index in [2.05, 4.69) is 50.4 Å². The molecule has 0 bridgehead atoms. The third-order valence-electron chi connectivity index (χ3n) is 3.22. The predicted molar refractivity (Wildman–Crippen MR) is 83.0 cm³/mol. The molecule has 0 heterocycles. The molecule has 1 N–H and O–H groups in total. The van der Waals surface area contributed by atoms with Gasteiger partial charge in [-0.2, -0.15) is 0 Å². The lowest BCUT2D eigenvalue weighted by molar-refractivity contribution is 0.304. The van der Waals surface area contributed by atoms with Gasteiger partial charge >= 0.3 is 0 Å². The summed E-state index contributed by atoms with van der Waals surface area (Å²) < 4.78 is 5.80. The van der Waals surface area contributed by atoms with Crippen LogP contribution in [0, 0.1) is 0 Å². The maximum Gasteiger partial charge on any atom is 0.119 e. The van der Waals surface area contributed by atoms with E-state index in [1.165, 1.54) is 24.8 Å². The van der Waals surface area contributed by atoms with Crippen molar-refractivity contribution in [1.29, 1.82) is 0 Å². The van der Waals surface area contributed by atoms with Gasteiger partial charge in [-0.15, -0.1) is 0 Å². The van der Waals surface area contributed by atoms with E-state index < -0.39 is 0 Å². The van der Waals surface area contributed by atoms with Crippen molar-refractivity contribution in [3.63, 3.8) is 0 Å². The minimum atomic E-state index is 0.563. The zero-order valence-electron chi connectivity index (χ0n) is 12.7. The van der Waals surface area contributed by atoms with E-state index in [4.69, 9.17) is 4.74 Å². The maximum atomic E-state index is 5.80. The molecule has 0 saturated carbocycles. The van der Waals surface area contributed by atoms with Gasteiger partial charge in [-0.1, -0.05) is 32.9 Å². The van der Waals surface area contributed by atoms with Crippen LogP contribution >= 0.6 is 0 Å². The van der Waals surface area contributed by atoms with Crippen LogP contribution in [-0.4, -0.2) is 19.7 Å². The Kier molecular flexibility index (Phi) is 8.31. The molecular weight excluding hydrogens is 234 g/mol. The summed E-state index contributed by atoms with van der Waals surface area (Å²) in [6, 6.07) is 8.46. The van der Waals surface area contributed by atoms with Gasteiger partial charge in [-0.25, -0.2) is 0 Å². The second kappa shape index (κ2) is 9.85. The van der Waals surface area contributed by atoms with Crippen molar-refractivity contribution >= 4 is 0 Å². The van der Waals surface area contributed by atoms with Crippen molar-refractivity contribution in [2.75, 3.05) is 19.7 Å². The number of hydrogen-bond acceptors (Lipinski definition) is 2. The number of hydrogen-bond donors (Lipinski definition) is 1. The van der Waals surface area contributed by atoms with Crippen molar-refractivity contribution in [1.82, 2.24) is 5.32 Å². The Morgan fingerprint density at radius 2 is 1.95 bits per heavy atom. The van der Waals surface area contributed by atoms with E-state index >= 15 is 0 Å². The van der Waals surface area contributed by atoms with E-state index in [0.29, 0.717) is 5.92 Å². The van der Waals surface area contributed by atoms with Gasteiger partial charge in [0, 0.05) is 0 Å². The van der Waals surface area contributed by atoms with Crippen molar-refractivity contribution in [2.45, 2.75) is 52.4 Å². The number of unbranched alkanes of at least 4 members (excludes halogenated alkanes) is 2. The monoisotopic (exact) mass is 263 g/mol. The maximum absolute atomic E-state index is 5.80. The molecule has 1 rings (SSSR count). The highest BCUT2D eigenvalue weighted by molar-refractivity contribution is 5.30. The summed E-state index contributed by atoms with van der Waals surface area (Å²) >= 11 is 0. The lowest BCUT2D eigenvalue weighted by atomic mass is 10.0. The molecule has 108 valence electrons. The largest absolute Gasteiger partial charge is 0.494 e. The van der Waals surface area contributed by atoms with Crippen LogP contribution in [-0.2, 0) is 0 Å². The zero-order valence-corrected chi connectivity index (χ0v) is 12.7. The molecule has 1 aromatic rings. The topological polar surface area (TPSA) is 21.3 Å². The molecule has 0 aliphatic carbocycles. The van der Waals surface area contributed by atoms with Crippen LogP contribution < -0.4 is 10.1 Å². The SMILES string of the molecule is CCCNCCCCCOc1cccc(C(C)C)c1. The van der Waals surface area contributed by atoms with Gasteiger partial charge in [-0.3, -0.25) is 0 Å². The Morgan fingerprint density at radius 1 is 1.11 bits per heavy atom. The summed E-state index contributed by atoms with van der Waals surface area (Å²) in [5.74, 6) is 1.57. The first kappa shape index (κ1) is 16.0. The minimum absolute atomic E-state index is 0.563. The normalized spacial score (nSPS) is 10.9. The highest BCUT2D eigenvalue weighted by Gasteiger charge is 2.00. The van der Waals surface area contributed by atoms with Gasteiger partial charge in [0.05, 0.1) is 6.61 Å². The van der Waals surface area contributed by atoms with E-state index in [1.54, 1.807) is 0 Å². The molecule has 0 atom stereocenters. The smallest absolute Gasteiger partial charge is 0.119 e. The third kappa shape index (κ3) is 7.22. The fourth-order valence-corrected chi connectivity index (χ4v) is 1.98. The molecule has 2 nitrogen and oxygen atoms in total. The second-order valence-corrected chi connectivity index (χ2v) is 5.39. The van der Waals surface area contributed by atoms with Crippen LogP contribution in [0.2, 0.25) is 0 Å². The fraction of sp³-hybridized carbons (Fsp3) is 0.647. The first-order valence-corrected chi connectivity index (χ1v) is 7.67. The van der Waals surface area contributed by atoms with Crippen molar-refractivity contribution in [3.8, 4) is 5.75 Å². The Morgan fingerprint density at radius 3 is 2.68 bits per heavy atom. The van der Waals surface area contributed by atoms with Crippen LogP contribution in [0.25, 0.3) is 0 Å². The number of nitrogens with one attached hydrogen (secondary N) is 1. The second-order valence-electron chi connectivity index (χ2n) is 5.39. The first-order chi connectivity index (χ1) is 9.24. The molecule has 0 fully saturated rings. The molecule has 0 unspecified atom stereocenters. The molecule has 0 aromatic heterocycles. The summed E-state index contributed by atoms with van der Waals surface area (Å²) in [5, 5.41) is 3.42. The van der Waals surface area contributed by atoms with Crippen molar-refractivity contribution < 1.29 is 4.74 Å². The molecule has 0 radical (unpaired) electrons. The molecule has 19 heavy (non-hydrogen) atoms. The Labute approximate surface area is 118 Å². The van der Waals surface area contributed by atoms with E-state index in [1.807, 2.05) is 0 Å². The van der Waals surface area contributed by atoms with Gasteiger partial charge < -0.3 is 10.1 Å². The minimum Gasteiger partial charge on any atom is -0.494 e. The van der Waals surface area contributed by atoms with Crippen LogP contribution in [0.1, 0.15) is 57.9 Å². The van der Waals surface area contributed by atoms with Crippen LogP contribution in [0.5, 0.6) is 5.75 Å². The molecule has 0 spiro atoms. The third-order valence-corrected chi connectivity index (χ3v) is 3.22. The molecule has 2 heteroatoms. The summed E-state index contributed by atoms with van der Waals surface area (Å²) in [7, 11) is 0. The van der Waals surface area contributed by atoms with Crippen LogP contribution in [0.4, 0.5) is 0 Å². The van der Waals surface area contributed by atoms with Crippen molar-refractivity contribution in [3.05, 3.63) is 29.8 Å². The lowest BCUT2D eigenvalue weighted by Crippen LogP contribution is -2.15. The first-order valence-electron chi connectivity index (χ1n) is 7.67. The molecule has 0 amide bonds. The Hall–Kier alpha value is -1.02. The van der Waals surface area contributed by atoms with Gasteiger partial charge in [-0.05, 0) is 62.4 Å². The highest BCUT2D eigenvalue weighted by Crippen LogP contribution is 2.20. The molecule has 1 aromatic carbocycles. The van der Waals surface area contributed by atoms with E-state index in [9.17, 15) is 0 Å². The van der Waals surface area contributed by atoms with E-state index in [0.717, 1.165) is 31.9 Å². The number of rotatable bonds is 10. The average molecular weight is 263 g/mol. The highest BCUT2D eigenvalue weighted by atomic mass is 16.5. The fourth-order valence-electron chi connectivity index (χ4n) is 1.98. The summed E-state index contributed by atoms with van der Waals surface area (Å²) in [6.45, 7) is 9.72. The van der Waals surface area contributed by atoms with Gasteiger partial charge in [0.1, 0.15) is 5.75 Å². The quantitative estimate of drug-likeness (QED) is 0.633. The van der Waals surface area contributed by atoms with Gasteiger partial charge in [0.15, 0.2) is 0 Å². The van der Waals surface area contributed by atoms with Crippen LogP contribution in [0.15, 0.2) is 24.3 Å². The number of benzene rings is 1. The van der Waals surface area contributed by atoms with Gasteiger partial charge in [0.25, 0.3) is 0 Å². The summed E-state index contributed by atoms with van der Waals surface area (Å²) in [4.78, 5) is 0.